The lowest BCUT2D eigenvalue weighted by atomic mass is 10.0. The van der Waals surface area contributed by atoms with Gasteiger partial charge in [-0.15, -0.1) is 11.3 Å². The minimum atomic E-state index is -0.151. The van der Waals surface area contributed by atoms with Crippen LogP contribution in [0.2, 0.25) is 0 Å². The summed E-state index contributed by atoms with van der Waals surface area (Å²) in [6.07, 6.45) is 0. The van der Waals surface area contributed by atoms with Gasteiger partial charge in [0.1, 0.15) is 0 Å². The van der Waals surface area contributed by atoms with Crippen molar-refractivity contribution in [1.29, 1.82) is 0 Å². The van der Waals surface area contributed by atoms with Crippen LogP contribution in [0.5, 0.6) is 11.5 Å². The van der Waals surface area contributed by atoms with Gasteiger partial charge in [-0.1, -0.05) is 19.1 Å². The Kier molecular flexibility index (Phi) is 7.52. The third kappa shape index (κ3) is 4.91. The first-order chi connectivity index (χ1) is 14.1. The van der Waals surface area contributed by atoms with Crippen LogP contribution in [0.25, 0.3) is 0 Å². The number of thiophene rings is 1. The van der Waals surface area contributed by atoms with Crippen LogP contribution in [0.1, 0.15) is 35.1 Å². The summed E-state index contributed by atoms with van der Waals surface area (Å²) in [5, 5.41) is 5.31. The first kappa shape index (κ1) is 21.6. The van der Waals surface area contributed by atoms with Crippen LogP contribution in [0, 0.1) is 0 Å². The molecule has 2 heterocycles. The van der Waals surface area contributed by atoms with E-state index in [1.807, 2.05) is 6.07 Å². The van der Waals surface area contributed by atoms with Crippen molar-refractivity contribution in [3.05, 3.63) is 46.2 Å². The quantitative estimate of drug-likeness (QED) is 0.715. The zero-order valence-corrected chi connectivity index (χ0v) is 18.5. The van der Waals surface area contributed by atoms with E-state index in [4.69, 9.17) is 9.47 Å². The highest BCUT2D eigenvalue weighted by atomic mass is 32.1. The van der Waals surface area contributed by atoms with E-state index in [0.29, 0.717) is 17.1 Å². The minimum Gasteiger partial charge on any atom is -0.493 e. The summed E-state index contributed by atoms with van der Waals surface area (Å²) in [6.45, 7) is 9.49. The predicted octanol–water partition coefficient (Wildman–Crippen LogP) is 3.26. The third-order valence-corrected chi connectivity index (χ3v) is 6.51. The minimum absolute atomic E-state index is 0.0507. The Balaban J connectivity index is 1.79. The van der Waals surface area contributed by atoms with Crippen LogP contribution in [0.4, 0.5) is 0 Å². The van der Waals surface area contributed by atoms with E-state index >= 15 is 0 Å². The molecule has 0 radical (unpaired) electrons. The van der Waals surface area contributed by atoms with Gasteiger partial charge in [-0.3, -0.25) is 9.69 Å². The number of amides is 1. The molecule has 1 aliphatic heterocycles. The maximum absolute atomic E-state index is 13.1. The molecule has 1 N–H and O–H groups in total. The third-order valence-electron chi connectivity index (χ3n) is 5.56. The second kappa shape index (κ2) is 10.1. The maximum atomic E-state index is 13.1. The summed E-state index contributed by atoms with van der Waals surface area (Å²) in [5.41, 5.74) is 0.486. The SMILES string of the molecule is CCN1CCN([C@H](c2cccs2)[C@H](C)NC(=O)c2cccc(OC)c2OC)CC1. The topological polar surface area (TPSA) is 54.0 Å². The number of piperazine rings is 1. The molecule has 3 rings (SSSR count). The Morgan fingerprint density at radius 2 is 1.90 bits per heavy atom. The molecule has 7 heteroatoms. The number of likely N-dealkylation sites (N-methyl/N-ethyl adjacent to an activating group) is 1. The molecule has 0 unspecified atom stereocenters. The highest BCUT2D eigenvalue weighted by Gasteiger charge is 2.31. The Hall–Kier alpha value is -2.09. The Morgan fingerprint density at radius 3 is 2.48 bits per heavy atom. The van der Waals surface area contributed by atoms with Crippen molar-refractivity contribution in [2.45, 2.75) is 25.9 Å². The number of methoxy groups -OCH3 is 2. The van der Waals surface area contributed by atoms with Gasteiger partial charge in [-0.05, 0) is 37.0 Å². The maximum Gasteiger partial charge on any atom is 0.255 e. The van der Waals surface area contributed by atoms with Crippen LogP contribution < -0.4 is 14.8 Å². The van der Waals surface area contributed by atoms with E-state index in [2.05, 4.69) is 46.5 Å². The molecule has 1 saturated heterocycles. The number of hydrogen-bond acceptors (Lipinski definition) is 6. The molecule has 1 fully saturated rings. The molecule has 0 saturated carbocycles. The number of carbonyl (C=O) groups is 1. The van der Waals surface area contributed by atoms with Gasteiger partial charge in [0.05, 0.1) is 25.8 Å². The lowest BCUT2D eigenvalue weighted by molar-refractivity contribution is 0.0752. The van der Waals surface area contributed by atoms with Crippen LogP contribution >= 0.6 is 11.3 Å². The van der Waals surface area contributed by atoms with E-state index in [1.165, 1.54) is 4.88 Å². The van der Waals surface area contributed by atoms with Crippen LogP contribution in [0.3, 0.4) is 0 Å². The van der Waals surface area contributed by atoms with Crippen molar-refractivity contribution in [2.24, 2.45) is 0 Å². The van der Waals surface area contributed by atoms with E-state index < -0.39 is 0 Å². The first-order valence-electron chi connectivity index (χ1n) is 10.1. The summed E-state index contributed by atoms with van der Waals surface area (Å²) < 4.78 is 10.8. The zero-order valence-electron chi connectivity index (χ0n) is 17.7. The van der Waals surface area contributed by atoms with Gasteiger partial charge in [0.25, 0.3) is 5.91 Å². The molecule has 1 amide bonds. The van der Waals surface area contributed by atoms with E-state index in [0.717, 1.165) is 32.7 Å². The van der Waals surface area contributed by atoms with Gasteiger partial charge in [-0.25, -0.2) is 0 Å². The molecule has 0 bridgehead atoms. The number of benzene rings is 1. The van der Waals surface area contributed by atoms with Crippen LogP contribution in [0.15, 0.2) is 35.7 Å². The summed E-state index contributed by atoms with van der Waals surface area (Å²) >= 11 is 1.74. The average Bonchev–Trinajstić information content (AvgIpc) is 3.27. The number of para-hydroxylation sites is 1. The van der Waals surface area contributed by atoms with Gasteiger partial charge >= 0.3 is 0 Å². The van der Waals surface area contributed by atoms with Gasteiger partial charge in [0.2, 0.25) is 0 Å². The highest BCUT2D eigenvalue weighted by molar-refractivity contribution is 7.10. The first-order valence-corrected chi connectivity index (χ1v) is 11.0. The Labute approximate surface area is 177 Å². The molecule has 1 aliphatic rings. The number of nitrogens with one attached hydrogen (secondary N) is 1. The Morgan fingerprint density at radius 1 is 1.14 bits per heavy atom. The zero-order chi connectivity index (χ0) is 20.8. The predicted molar refractivity (Wildman–Crippen MR) is 117 cm³/mol. The van der Waals surface area contributed by atoms with Crippen molar-refractivity contribution in [3.8, 4) is 11.5 Å². The molecule has 158 valence electrons. The van der Waals surface area contributed by atoms with Gasteiger partial charge in [-0.2, -0.15) is 0 Å². The number of ether oxygens (including phenoxy) is 2. The number of rotatable bonds is 8. The van der Waals surface area contributed by atoms with Crippen molar-refractivity contribution >= 4 is 17.2 Å². The standard InChI is InChI=1S/C22H31N3O3S/c1-5-24-11-13-25(14-12-24)20(19-10-7-15-29-19)16(2)23-22(26)17-8-6-9-18(27-3)21(17)28-4/h6-10,15-16,20H,5,11-14H2,1-4H3,(H,23,26)/t16-,20-/m0/s1. The molecular formula is C22H31N3O3S. The van der Waals surface area contributed by atoms with E-state index in [-0.39, 0.29) is 18.0 Å². The molecule has 0 spiro atoms. The Bertz CT molecular complexity index is 789. The number of nitrogens with zero attached hydrogens (tertiary/aromatic N) is 2. The van der Waals surface area contributed by atoms with Crippen LogP contribution in [-0.4, -0.2) is 68.7 Å². The van der Waals surface area contributed by atoms with Crippen LogP contribution in [-0.2, 0) is 0 Å². The fourth-order valence-electron chi connectivity index (χ4n) is 3.99. The van der Waals surface area contributed by atoms with Gasteiger partial charge in [0, 0.05) is 37.1 Å². The summed E-state index contributed by atoms with van der Waals surface area (Å²) in [5.74, 6) is 0.865. The molecule has 2 atom stereocenters. The molecule has 1 aromatic carbocycles. The lowest BCUT2D eigenvalue weighted by Gasteiger charge is -2.41. The second-order valence-corrected chi connectivity index (χ2v) is 8.21. The van der Waals surface area contributed by atoms with Gasteiger partial charge < -0.3 is 19.7 Å². The number of hydrogen-bond donors (Lipinski definition) is 1. The highest BCUT2D eigenvalue weighted by Crippen LogP contribution is 2.32. The number of carbonyl (C=O) groups excluding carboxylic acids is 1. The fraction of sp³-hybridized carbons (Fsp3) is 0.500. The van der Waals surface area contributed by atoms with Crippen molar-refractivity contribution in [1.82, 2.24) is 15.1 Å². The van der Waals surface area contributed by atoms with Gasteiger partial charge in [0.15, 0.2) is 11.5 Å². The largest absolute Gasteiger partial charge is 0.493 e. The molecule has 2 aromatic rings. The lowest BCUT2D eigenvalue weighted by Crippen LogP contribution is -2.52. The average molecular weight is 418 g/mol. The fourth-order valence-corrected chi connectivity index (χ4v) is 4.95. The summed E-state index contributed by atoms with van der Waals surface area (Å²) in [4.78, 5) is 19.3. The smallest absolute Gasteiger partial charge is 0.255 e. The summed E-state index contributed by atoms with van der Waals surface area (Å²) in [6, 6.07) is 9.71. The molecular weight excluding hydrogens is 386 g/mol. The van der Waals surface area contributed by atoms with Crippen molar-refractivity contribution in [2.75, 3.05) is 46.9 Å². The van der Waals surface area contributed by atoms with Crippen molar-refractivity contribution < 1.29 is 14.3 Å². The molecule has 6 nitrogen and oxygen atoms in total. The van der Waals surface area contributed by atoms with E-state index in [1.54, 1.807) is 37.7 Å². The monoisotopic (exact) mass is 417 g/mol. The van der Waals surface area contributed by atoms with Crippen molar-refractivity contribution in [3.63, 3.8) is 0 Å². The molecule has 0 aliphatic carbocycles. The second-order valence-electron chi connectivity index (χ2n) is 7.23. The van der Waals surface area contributed by atoms with E-state index in [9.17, 15) is 4.79 Å². The normalized spacial score (nSPS) is 17.5. The molecule has 1 aromatic heterocycles. The summed E-state index contributed by atoms with van der Waals surface area (Å²) in [7, 11) is 3.13. The molecule has 29 heavy (non-hydrogen) atoms.